The average molecular weight is 439 g/mol. The van der Waals surface area contributed by atoms with E-state index >= 15 is 0 Å². The van der Waals surface area contributed by atoms with Crippen LogP contribution < -0.4 is 10.6 Å². The highest BCUT2D eigenvalue weighted by molar-refractivity contribution is 9.10. The van der Waals surface area contributed by atoms with Crippen molar-refractivity contribution in [3.8, 4) is 0 Å². The van der Waals surface area contributed by atoms with Crippen LogP contribution in [0.4, 0.5) is 10.5 Å². The Kier molecular flexibility index (Phi) is 3.77. The van der Waals surface area contributed by atoms with Crippen molar-refractivity contribution < 1.29 is 9.59 Å². The molecular weight excluding hydrogens is 420 g/mol. The predicted octanol–water partition coefficient (Wildman–Crippen LogP) is 3.71. The van der Waals surface area contributed by atoms with Crippen LogP contribution in [0.5, 0.6) is 0 Å². The summed E-state index contributed by atoms with van der Waals surface area (Å²) in [5.74, 6) is -0.209. The molecular formula is C21H19BrN4O2. The van der Waals surface area contributed by atoms with Gasteiger partial charge in [-0.2, -0.15) is 0 Å². The van der Waals surface area contributed by atoms with Gasteiger partial charge in [-0.1, -0.05) is 34.1 Å². The fourth-order valence-electron chi connectivity index (χ4n) is 4.57. The Morgan fingerprint density at radius 3 is 2.93 bits per heavy atom. The Morgan fingerprint density at radius 1 is 1.29 bits per heavy atom. The summed E-state index contributed by atoms with van der Waals surface area (Å²) in [6.07, 6.45) is 0.689. The average Bonchev–Trinajstić information content (AvgIpc) is 3.19. The van der Waals surface area contributed by atoms with E-state index in [0.717, 1.165) is 37.9 Å². The SMILES string of the molecule is CCNC(=O)N1CCc2c([nH]c3ccccc23)C12C(=O)Nc1ccc(Br)cc12. The van der Waals surface area contributed by atoms with Gasteiger partial charge in [0, 0.05) is 39.7 Å². The van der Waals surface area contributed by atoms with Gasteiger partial charge in [-0.3, -0.25) is 4.79 Å². The topological polar surface area (TPSA) is 77.2 Å². The monoisotopic (exact) mass is 438 g/mol. The van der Waals surface area contributed by atoms with Crippen LogP contribution in [0.2, 0.25) is 0 Å². The Balaban J connectivity index is 1.85. The molecule has 0 radical (unpaired) electrons. The first-order valence-electron chi connectivity index (χ1n) is 9.34. The lowest BCUT2D eigenvalue weighted by atomic mass is 9.80. The first-order valence-corrected chi connectivity index (χ1v) is 10.1. The molecule has 0 saturated heterocycles. The number of rotatable bonds is 1. The van der Waals surface area contributed by atoms with E-state index in [4.69, 9.17) is 0 Å². The molecule has 0 fully saturated rings. The lowest BCUT2D eigenvalue weighted by Crippen LogP contribution is -2.60. The van der Waals surface area contributed by atoms with E-state index in [1.54, 1.807) is 4.90 Å². The van der Waals surface area contributed by atoms with E-state index in [-0.39, 0.29) is 11.9 Å². The van der Waals surface area contributed by atoms with E-state index < -0.39 is 5.54 Å². The minimum Gasteiger partial charge on any atom is -0.355 e. The van der Waals surface area contributed by atoms with Gasteiger partial charge in [0.1, 0.15) is 0 Å². The molecule has 2 aromatic carbocycles. The number of hydrogen-bond donors (Lipinski definition) is 3. The van der Waals surface area contributed by atoms with Gasteiger partial charge in [-0.15, -0.1) is 0 Å². The number of aromatic nitrogens is 1. The van der Waals surface area contributed by atoms with Crippen LogP contribution in [0.3, 0.4) is 0 Å². The molecule has 1 atom stereocenters. The molecule has 1 spiro atoms. The predicted molar refractivity (Wildman–Crippen MR) is 111 cm³/mol. The minimum absolute atomic E-state index is 0.209. The molecule has 0 bridgehead atoms. The van der Waals surface area contributed by atoms with E-state index in [1.165, 1.54) is 0 Å². The molecule has 5 rings (SSSR count). The van der Waals surface area contributed by atoms with Crippen molar-refractivity contribution in [3.05, 3.63) is 63.8 Å². The van der Waals surface area contributed by atoms with Crippen molar-refractivity contribution in [3.63, 3.8) is 0 Å². The second-order valence-electron chi connectivity index (χ2n) is 7.12. The second kappa shape index (κ2) is 6.10. The standard InChI is InChI=1S/C21H19BrN4O2/c1-2-23-20(28)26-10-9-14-13-5-3-4-6-16(13)24-18(14)21(26)15-11-12(22)7-8-17(15)25-19(21)27/h3-8,11,24H,2,9-10H2,1H3,(H,23,28)(H,25,27). The van der Waals surface area contributed by atoms with E-state index in [2.05, 4.69) is 37.6 Å². The van der Waals surface area contributed by atoms with Gasteiger partial charge >= 0.3 is 6.03 Å². The molecule has 3 aromatic rings. The number of urea groups is 1. The second-order valence-corrected chi connectivity index (χ2v) is 8.03. The van der Waals surface area contributed by atoms with Gasteiger partial charge in [0.05, 0.1) is 5.69 Å². The Hall–Kier alpha value is -2.80. The summed E-state index contributed by atoms with van der Waals surface area (Å²) < 4.78 is 0.862. The first kappa shape index (κ1) is 17.3. The molecule has 2 aliphatic heterocycles. The lowest BCUT2D eigenvalue weighted by Gasteiger charge is -2.42. The molecule has 0 saturated carbocycles. The Bertz CT molecular complexity index is 1140. The largest absolute Gasteiger partial charge is 0.355 e. The summed E-state index contributed by atoms with van der Waals surface area (Å²) in [6.45, 7) is 2.83. The zero-order valence-corrected chi connectivity index (χ0v) is 16.9. The molecule has 3 heterocycles. The van der Waals surface area contributed by atoms with Gasteiger partial charge < -0.3 is 20.5 Å². The quantitative estimate of drug-likeness (QED) is 0.541. The minimum atomic E-state index is -1.22. The van der Waals surface area contributed by atoms with Crippen LogP contribution in [-0.4, -0.2) is 34.9 Å². The number of amides is 3. The fraction of sp³-hybridized carbons (Fsp3) is 0.238. The molecule has 7 heteroatoms. The summed E-state index contributed by atoms with van der Waals surface area (Å²) in [5, 5.41) is 6.97. The molecule has 6 nitrogen and oxygen atoms in total. The number of hydrogen-bond acceptors (Lipinski definition) is 2. The van der Waals surface area contributed by atoms with Crippen LogP contribution in [0.15, 0.2) is 46.9 Å². The number of H-pyrrole nitrogens is 1. The summed E-state index contributed by atoms with van der Waals surface area (Å²) in [4.78, 5) is 31.7. The zero-order valence-electron chi connectivity index (χ0n) is 15.3. The molecule has 3 amide bonds. The number of halogens is 1. The Morgan fingerprint density at radius 2 is 2.11 bits per heavy atom. The molecule has 3 N–H and O–H groups in total. The van der Waals surface area contributed by atoms with E-state index in [1.807, 2.05) is 43.3 Å². The normalized spacial score (nSPS) is 20.2. The third-order valence-electron chi connectivity index (χ3n) is 5.69. The molecule has 142 valence electrons. The summed E-state index contributed by atoms with van der Waals surface area (Å²) >= 11 is 3.53. The number of para-hydroxylation sites is 1. The Labute approximate surface area is 170 Å². The first-order chi connectivity index (χ1) is 13.6. The number of nitrogens with one attached hydrogen (secondary N) is 3. The van der Waals surface area contributed by atoms with Crippen LogP contribution in [0.1, 0.15) is 23.7 Å². The maximum absolute atomic E-state index is 13.5. The fourth-order valence-corrected chi connectivity index (χ4v) is 4.93. The number of aromatic amines is 1. The zero-order chi connectivity index (χ0) is 19.5. The van der Waals surface area contributed by atoms with Crippen LogP contribution >= 0.6 is 15.9 Å². The number of fused-ring (bicyclic) bond motifs is 6. The number of carbonyl (C=O) groups excluding carboxylic acids is 2. The van der Waals surface area contributed by atoms with Crippen molar-refractivity contribution in [1.29, 1.82) is 0 Å². The van der Waals surface area contributed by atoms with Crippen molar-refractivity contribution in [1.82, 2.24) is 15.2 Å². The lowest BCUT2D eigenvalue weighted by molar-refractivity contribution is -0.124. The summed E-state index contributed by atoms with van der Waals surface area (Å²) in [6, 6.07) is 13.5. The third kappa shape index (κ3) is 2.13. The number of benzene rings is 2. The highest BCUT2D eigenvalue weighted by atomic mass is 79.9. The maximum atomic E-state index is 13.5. The van der Waals surface area contributed by atoms with Crippen LogP contribution in [0.25, 0.3) is 10.9 Å². The highest BCUT2D eigenvalue weighted by Crippen LogP contribution is 2.50. The van der Waals surface area contributed by atoms with Crippen molar-refractivity contribution in [2.45, 2.75) is 18.9 Å². The van der Waals surface area contributed by atoms with Crippen molar-refractivity contribution in [2.24, 2.45) is 0 Å². The smallest absolute Gasteiger partial charge is 0.318 e. The van der Waals surface area contributed by atoms with Gasteiger partial charge in [0.15, 0.2) is 5.54 Å². The van der Waals surface area contributed by atoms with Gasteiger partial charge in [0.2, 0.25) is 0 Å². The highest BCUT2D eigenvalue weighted by Gasteiger charge is 2.58. The van der Waals surface area contributed by atoms with Gasteiger partial charge in [-0.05, 0) is 43.2 Å². The summed E-state index contributed by atoms with van der Waals surface area (Å²) in [5.41, 5.74) is 3.14. The number of carbonyl (C=O) groups is 2. The number of nitrogens with zero attached hydrogens (tertiary/aromatic N) is 1. The maximum Gasteiger partial charge on any atom is 0.318 e. The van der Waals surface area contributed by atoms with Crippen molar-refractivity contribution >= 4 is 44.5 Å². The third-order valence-corrected chi connectivity index (χ3v) is 6.18. The van der Waals surface area contributed by atoms with Gasteiger partial charge in [0.25, 0.3) is 5.91 Å². The van der Waals surface area contributed by atoms with Crippen LogP contribution in [-0.2, 0) is 16.8 Å². The number of anilines is 1. The van der Waals surface area contributed by atoms with Crippen LogP contribution in [0, 0.1) is 0 Å². The summed E-state index contributed by atoms with van der Waals surface area (Å²) in [7, 11) is 0. The molecule has 0 aliphatic carbocycles. The molecule has 1 aromatic heterocycles. The van der Waals surface area contributed by atoms with Crippen molar-refractivity contribution in [2.75, 3.05) is 18.4 Å². The molecule has 1 unspecified atom stereocenters. The van der Waals surface area contributed by atoms with Gasteiger partial charge in [-0.25, -0.2) is 4.79 Å². The van der Waals surface area contributed by atoms with E-state index in [9.17, 15) is 9.59 Å². The van der Waals surface area contributed by atoms with E-state index in [0.29, 0.717) is 19.5 Å². The molecule has 2 aliphatic rings. The molecule has 28 heavy (non-hydrogen) atoms.